The lowest BCUT2D eigenvalue weighted by atomic mass is 10.1. The molecular weight excluding hydrogens is 476 g/mol. The van der Waals surface area contributed by atoms with E-state index in [1.54, 1.807) is 36.4 Å². The van der Waals surface area contributed by atoms with Crippen LogP contribution in [0.25, 0.3) is 10.2 Å². The number of aromatic nitrogens is 1. The van der Waals surface area contributed by atoms with Gasteiger partial charge in [-0.2, -0.15) is 4.31 Å². The predicted octanol–water partition coefficient (Wildman–Crippen LogP) is 3.34. The maximum Gasteiger partial charge on any atom is 0.262 e. The third kappa shape index (κ3) is 4.46. The van der Waals surface area contributed by atoms with Gasteiger partial charge >= 0.3 is 0 Å². The molecule has 0 fully saturated rings. The van der Waals surface area contributed by atoms with Gasteiger partial charge in [0.1, 0.15) is 6.54 Å². The molecule has 1 aromatic heterocycles. The van der Waals surface area contributed by atoms with E-state index in [1.807, 2.05) is 13.8 Å². The molecule has 1 N–H and O–H groups in total. The first-order valence-corrected chi connectivity index (χ1v) is 13.2. The molecule has 0 unspecified atom stereocenters. The van der Waals surface area contributed by atoms with Crippen LogP contribution in [0.2, 0.25) is 0 Å². The zero-order chi connectivity index (χ0) is 24.5. The van der Waals surface area contributed by atoms with Gasteiger partial charge in [0.15, 0.2) is 5.13 Å². The number of hydrogen-bond donors (Lipinski definition) is 1. The number of sulfonamides is 1. The first kappa shape index (κ1) is 24.0. The second-order valence-corrected chi connectivity index (χ2v) is 10.8. The SMILES string of the molecule is CCCN(CCC)S(=O)(=O)c1ccc2nc(NC(=O)CN3C(=O)c4ccccc4C3=O)sc2c1. The lowest BCUT2D eigenvalue weighted by molar-refractivity contribution is -0.116. The van der Waals surface area contributed by atoms with Gasteiger partial charge in [-0.3, -0.25) is 19.3 Å². The van der Waals surface area contributed by atoms with Crippen LogP contribution in [0.3, 0.4) is 0 Å². The van der Waals surface area contributed by atoms with Gasteiger partial charge in [-0.05, 0) is 43.2 Å². The van der Waals surface area contributed by atoms with Crippen LogP contribution in [-0.4, -0.2) is 60.0 Å². The summed E-state index contributed by atoms with van der Waals surface area (Å²) in [5, 5.41) is 2.86. The Hall–Kier alpha value is -3.15. The summed E-state index contributed by atoms with van der Waals surface area (Å²) in [5.74, 6) is -1.60. The number of anilines is 1. The number of carbonyl (C=O) groups excluding carboxylic acids is 3. The fourth-order valence-corrected chi connectivity index (χ4v) is 6.45. The van der Waals surface area contributed by atoms with E-state index >= 15 is 0 Å². The Balaban J connectivity index is 1.50. The number of fused-ring (bicyclic) bond motifs is 2. The number of thiazole rings is 1. The van der Waals surface area contributed by atoms with Gasteiger partial charge in [-0.25, -0.2) is 13.4 Å². The van der Waals surface area contributed by atoms with Crippen molar-refractivity contribution in [3.8, 4) is 0 Å². The summed E-state index contributed by atoms with van der Waals surface area (Å²) < 4.78 is 28.2. The lowest BCUT2D eigenvalue weighted by Crippen LogP contribution is -2.37. The molecule has 0 saturated carbocycles. The van der Waals surface area contributed by atoms with Crippen molar-refractivity contribution in [3.63, 3.8) is 0 Å². The number of rotatable bonds is 9. The van der Waals surface area contributed by atoms with Crippen molar-refractivity contribution in [3.05, 3.63) is 53.6 Å². The number of hydrogen-bond acceptors (Lipinski definition) is 7. The zero-order valence-electron chi connectivity index (χ0n) is 18.8. The molecule has 0 saturated heterocycles. The van der Waals surface area contributed by atoms with Crippen molar-refractivity contribution in [2.45, 2.75) is 31.6 Å². The van der Waals surface area contributed by atoms with Crippen LogP contribution in [0.1, 0.15) is 47.4 Å². The standard InChI is InChI=1S/C23H24N4O5S2/c1-3-11-26(12-4-2)34(31,32)15-9-10-18-19(13-15)33-23(24-18)25-20(28)14-27-21(29)16-7-5-6-8-17(16)22(27)30/h5-10,13H,3-4,11-12,14H2,1-2H3,(H,24,25,28). The Bertz CT molecular complexity index is 1340. The molecule has 1 aliphatic heterocycles. The smallest absolute Gasteiger partial charge is 0.262 e. The number of amides is 3. The van der Waals surface area contributed by atoms with Gasteiger partial charge < -0.3 is 5.32 Å². The fraction of sp³-hybridized carbons (Fsp3) is 0.304. The van der Waals surface area contributed by atoms with Crippen molar-refractivity contribution in [2.24, 2.45) is 0 Å². The highest BCUT2D eigenvalue weighted by Gasteiger charge is 2.36. The molecule has 3 aromatic rings. The van der Waals surface area contributed by atoms with Gasteiger partial charge in [-0.1, -0.05) is 37.3 Å². The summed E-state index contributed by atoms with van der Waals surface area (Å²) >= 11 is 1.13. The fourth-order valence-electron chi connectivity index (χ4n) is 3.80. The van der Waals surface area contributed by atoms with E-state index in [2.05, 4.69) is 10.3 Å². The Labute approximate surface area is 201 Å². The second-order valence-electron chi connectivity index (χ2n) is 7.84. The lowest BCUT2D eigenvalue weighted by Gasteiger charge is -2.20. The van der Waals surface area contributed by atoms with Crippen LogP contribution >= 0.6 is 11.3 Å². The first-order valence-electron chi connectivity index (χ1n) is 10.9. The highest BCUT2D eigenvalue weighted by atomic mass is 32.2. The highest BCUT2D eigenvalue weighted by molar-refractivity contribution is 7.89. The average Bonchev–Trinajstić information content (AvgIpc) is 3.32. The summed E-state index contributed by atoms with van der Waals surface area (Å²) in [6.45, 7) is 4.31. The molecule has 178 valence electrons. The first-order chi connectivity index (χ1) is 16.3. The zero-order valence-corrected chi connectivity index (χ0v) is 20.4. The summed E-state index contributed by atoms with van der Waals surface area (Å²) in [6.07, 6.45) is 1.43. The van der Waals surface area contributed by atoms with Gasteiger partial charge in [0.2, 0.25) is 15.9 Å². The Morgan fingerprint density at radius 3 is 2.24 bits per heavy atom. The minimum atomic E-state index is -3.64. The molecule has 0 aliphatic carbocycles. The molecule has 0 bridgehead atoms. The number of nitrogens with zero attached hydrogens (tertiary/aromatic N) is 3. The quantitative estimate of drug-likeness (QED) is 0.451. The monoisotopic (exact) mass is 500 g/mol. The molecule has 11 heteroatoms. The average molecular weight is 501 g/mol. The minimum absolute atomic E-state index is 0.175. The van der Waals surface area contributed by atoms with E-state index in [1.165, 1.54) is 10.4 Å². The highest BCUT2D eigenvalue weighted by Crippen LogP contribution is 2.30. The minimum Gasteiger partial charge on any atom is -0.300 e. The Morgan fingerprint density at radius 1 is 1.03 bits per heavy atom. The summed E-state index contributed by atoms with van der Waals surface area (Å²) in [6, 6.07) is 11.1. The van der Waals surface area contributed by atoms with Crippen molar-refractivity contribution < 1.29 is 22.8 Å². The molecule has 1 aliphatic rings. The largest absolute Gasteiger partial charge is 0.300 e. The summed E-state index contributed by atoms with van der Waals surface area (Å²) in [5.41, 5.74) is 1.08. The van der Waals surface area contributed by atoms with E-state index in [0.717, 1.165) is 16.2 Å². The Kier molecular flexibility index (Phi) is 6.78. The molecule has 2 heterocycles. The van der Waals surface area contributed by atoms with Crippen molar-refractivity contribution in [2.75, 3.05) is 25.0 Å². The van der Waals surface area contributed by atoms with E-state index in [0.29, 0.717) is 36.1 Å². The van der Waals surface area contributed by atoms with Crippen LogP contribution in [0, 0.1) is 0 Å². The second kappa shape index (κ2) is 9.61. The molecule has 9 nitrogen and oxygen atoms in total. The van der Waals surface area contributed by atoms with Crippen LogP contribution < -0.4 is 5.32 Å². The van der Waals surface area contributed by atoms with Gasteiger partial charge in [-0.15, -0.1) is 0 Å². The summed E-state index contributed by atoms with van der Waals surface area (Å²) in [4.78, 5) is 42.9. The van der Waals surface area contributed by atoms with E-state index in [-0.39, 0.29) is 21.2 Å². The van der Waals surface area contributed by atoms with E-state index in [9.17, 15) is 22.8 Å². The maximum absolute atomic E-state index is 13.1. The third-order valence-electron chi connectivity index (χ3n) is 5.37. The van der Waals surface area contributed by atoms with Crippen molar-refractivity contribution in [1.82, 2.24) is 14.2 Å². The molecule has 34 heavy (non-hydrogen) atoms. The number of imide groups is 1. The molecule has 4 rings (SSSR count). The third-order valence-corrected chi connectivity index (χ3v) is 8.20. The number of nitrogens with one attached hydrogen (secondary N) is 1. The number of benzene rings is 2. The molecule has 0 spiro atoms. The van der Waals surface area contributed by atoms with E-state index in [4.69, 9.17) is 0 Å². The predicted molar refractivity (Wildman–Crippen MR) is 129 cm³/mol. The summed E-state index contributed by atoms with van der Waals surface area (Å²) in [7, 11) is -3.64. The molecule has 2 aromatic carbocycles. The van der Waals surface area contributed by atoms with Gasteiger partial charge in [0.25, 0.3) is 11.8 Å². The van der Waals surface area contributed by atoms with Crippen LogP contribution in [-0.2, 0) is 14.8 Å². The van der Waals surface area contributed by atoms with Crippen LogP contribution in [0.15, 0.2) is 47.4 Å². The van der Waals surface area contributed by atoms with Crippen LogP contribution in [0.5, 0.6) is 0 Å². The molecular formula is C23H24N4O5S2. The van der Waals surface area contributed by atoms with Crippen LogP contribution in [0.4, 0.5) is 5.13 Å². The Morgan fingerprint density at radius 2 is 1.65 bits per heavy atom. The topological polar surface area (TPSA) is 117 Å². The normalized spacial score (nSPS) is 13.7. The number of carbonyl (C=O) groups is 3. The van der Waals surface area contributed by atoms with Crippen molar-refractivity contribution >= 4 is 54.4 Å². The maximum atomic E-state index is 13.1. The van der Waals surface area contributed by atoms with Crippen molar-refractivity contribution in [1.29, 1.82) is 0 Å². The van der Waals surface area contributed by atoms with Gasteiger partial charge in [0, 0.05) is 13.1 Å². The van der Waals surface area contributed by atoms with Gasteiger partial charge in [0.05, 0.1) is 26.2 Å². The molecule has 0 atom stereocenters. The van der Waals surface area contributed by atoms with E-state index < -0.39 is 34.3 Å². The molecule has 0 radical (unpaired) electrons. The molecule has 3 amide bonds.